The molecule has 0 atom stereocenters. The van der Waals surface area contributed by atoms with Crippen LogP contribution in [-0.4, -0.2) is 54.6 Å². The van der Waals surface area contributed by atoms with Gasteiger partial charge in [-0.25, -0.2) is 13.1 Å². The molecule has 184 valence electrons. The third kappa shape index (κ3) is 5.64. The third-order valence-electron chi connectivity index (χ3n) is 4.81. The number of nitrogens with one attached hydrogen (secondary N) is 1. The molecule has 0 amide bonds. The summed E-state index contributed by atoms with van der Waals surface area (Å²) in [5.41, 5.74) is 1.20. The van der Waals surface area contributed by atoms with Crippen LogP contribution in [0.15, 0.2) is 59.5 Å². The second-order valence-corrected chi connectivity index (χ2v) is 9.31. The summed E-state index contributed by atoms with van der Waals surface area (Å²) in [5, 5.41) is 13.2. The maximum Gasteiger partial charge on any atom is 0.244 e. The normalized spacial score (nSPS) is 11.5. The Kier molecular flexibility index (Phi) is 7.69. The second kappa shape index (κ2) is 10.9. The zero-order valence-electron chi connectivity index (χ0n) is 19.1. The quantitative estimate of drug-likeness (QED) is 0.300. The lowest BCUT2D eigenvalue weighted by Gasteiger charge is -2.14. The Morgan fingerprint density at radius 1 is 0.971 bits per heavy atom. The molecule has 1 N–H and O–H groups in total. The molecular weight excluding hydrogens is 494 g/mol. The first-order valence-corrected chi connectivity index (χ1v) is 12.8. The van der Waals surface area contributed by atoms with Crippen LogP contribution in [0.4, 0.5) is 0 Å². The van der Waals surface area contributed by atoms with Gasteiger partial charge in [-0.2, -0.15) is 4.52 Å². The first kappa shape index (κ1) is 24.7. The van der Waals surface area contributed by atoms with Gasteiger partial charge in [0.15, 0.2) is 11.5 Å². The SMILES string of the molecule is CCOc1ccc(OCC)c(S(=O)(=O)NCCOc2ccc3nnc(-c4ccccc4Cl)n3n2)c1. The first-order chi connectivity index (χ1) is 16.9. The molecule has 0 saturated carbocycles. The van der Waals surface area contributed by atoms with Crippen LogP contribution in [0.1, 0.15) is 13.8 Å². The molecule has 0 fully saturated rings. The molecule has 35 heavy (non-hydrogen) atoms. The van der Waals surface area contributed by atoms with E-state index in [2.05, 4.69) is 20.0 Å². The lowest BCUT2D eigenvalue weighted by Crippen LogP contribution is -2.29. The summed E-state index contributed by atoms with van der Waals surface area (Å²) in [4.78, 5) is -0.00119. The predicted molar refractivity (Wildman–Crippen MR) is 131 cm³/mol. The van der Waals surface area contributed by atoms with Gasteiger partial charge in [0, 0.05) is 24.2 Å². The minimum atomic E-state index is -3.88. The molecule has 4 rings (SSSR count). The topological polar surface area (TPSA) is 117 Å². The van der Waals surface area contributed by atoms with E-state index in [1.54, 1.807) is 37.3 Å². The fourth-order valence-electron chi connectivity index (χ4n) is 3.30. The van der Waals surface area contributed by atoms with E-state index in [1.807, 2.05) is 25.1 Å². The highest BCUT2D eigenvalue weighted by molar-refractivity contribution is 7.89. The molecule has 0 saturated heterocycles. The van der Waals surface area contributed by atoms with Crippen LogP contribution in [0, 0.1) is 0 Å². The summed E-state index contributed by atoms with van der Waals surface area (Å²) in [6, 6.07) is 15.3. The van der Waals surface area contributed by atoms with Crippen LogP contribution in [0.3, 0.4) is 0 Å². The number of sulfonamides is 1. The van der Waals surface area contributed by atoms with E-state index < -0.39 is 10.0 Å². The maximum atomic E-state index is 12.9. The van der Waals surface area contributed by atoms with Crippen LogP contribution >= 0.6 is 11.6 Å². The molecule has 2 aromatic heterocycles. The summed E-state index contributed by atoms with van der Waals surface area (Å²) >= 11 is 6.29. The van der Waals surface area contributed by atoms with E-state index in [0.717, 1.165) is 0 Å². The lowest BCUT2D eigenvalue weighted by atomic mass is 10.2. The molecule has 0 aliphatic rings. The first-order valence-electron chi connectivity index (χ1n) is 10.9. The molecule has 2 heterocycles. The Labute approximate surface area is 207 Å². The molecule has 4 aromatic rings. The van der Waals surface area contributed by atoms with Crippen LogP contribution < -0.4 is 18.9 Å². The van der Waals surface area contributed by atoms with E-state index in [9.17, 15) is 8.42 Å². The summed E-state index contributed by atoms with van der Waals surface area (Å²) in [6.07, 6.45) is 0. The summed E-state index contributed by atoms with van der Waals surface area (Å²) in [6.45, 7) is 4.39. The number of halogens is 1. The minimum Gasteiger partial charge on any atom is -0.494 e. The molecule has 12 heteroatoms. The molecule has 0 unspecified atom stereocenters. The highest BCUT2D eigenvalue weighted by Gasteiger charge is 2.21. The molecule has 0 aliphatic heterocycles. The van der Waals surface area contributed by atoms with Gasteiger partial charge in [-0.05, 0) is 44.2 Å². The Morgan fingerprint density at radius 3 is 2.54 bits per heavy atom. The van der Waals surface area contributed by atoms with Gasteiger partial charge in [-0.3, -0.25) is 0 Å². The number of nitrogens with zero attached hydrogens (tertiary/aromatic N) is 4. The van der Waals surface area contributed by atoms with Gasteiger partial charge < -0.3 is 14.2 Å². The average Bonchev–Trinajstić information content (AvgIpc) is 3.26. The standard InChI is InChI=1S/C23H24ClN5O5S/c1-3-32-16-9-10-19(33-4-2)20(15-16)35(30,31)25-13-14-34-22-12-11-21-26-27-23(29(21)28-22)17-7-5-6-8-18(17)24/h5-12,15,25H,3-4,13-14H2,1-2H3. The fraction of sp³-hybridized carbons (Fsp3) is 0.261. The Bertz CT molecular complexity index is 1430. The highest BCUT2D eigenvalue weighted by Crippen LogP contribution is 2.29. The van der Waals surface area contributed by atoms with Gasteiger partial charge in [0.1, 0.15) is 23.0 Å². The number of rotatable bonds is 11. The van der Waals surface area contributed by atoms with Gasteiger partial charge in [0.25, 0.3) is 0 Å². The zero-order chi connectivity index (χ0) is 24.8. The number of aromatic nitrogens is 4. The van der Waals surface area contributed by atoms with Crippen molar-refractivity contribution in [2.45, 2.75) is 18.7 Å². The van der Waals surface area contributed by atoms with Gasteiger partial charge in [0.2, 0.25) is 15.9 Å². The molecular formula is C23H24ClN5O5S. The van der Waals surface area contributed by atoms with Crippen molar-refractivity contribution in [1.82, 2.24) is 24.5 Å². The van der Waals surface area contributed by atoms with Crippen molar-refractivity contribution >= 4 is 27.3 Å². The van der Waals surface area contributed by atoms with Gasteiger partial charge in [-0.1, -0.05) is 23.7 Å². The Balaban J connectivity index is 1.45. The van der Waals surface area contributed by atoms with Gasteiger partial charge in [0.05, 0.1) is 18.2 Å². The predicted octanol–water partition coefficient (Wildman–Crippen LogP) is 3.60. The van der Waals surface area contributed by atoms with Crippen molar-refractivity contribution in [3.63, 3.8) is 0 Å². The van der Waals surface area contributed by atoms with E-state index in [1.165, 1.54) is 10.6 Å². The molecule has 0 spiro atoms. The Hall–Kier alpha value is -3.41. The van der Waals surface area contributed by atoms with Gasteiger partial charge >= 0.3 is 0 Å². The number of fused-ring (bicyclic) bond motifs is 1. The van der Waals surface area contributed by atoms with Crippen molar-refractivity contribution in [3.05, 3.63) is 59.6 Å². The summed E-state index contributed by atoms with van der Waals surface area (Å²) in [7, 11) is -3.88. The summed E-state index contributed by atoms with van der Waals surface area (Å²) in [5.74, 6) is 1.43. The van der Waals surface area contributed by atoms with Crippen LogP contribution in [0.25, 0.3) is 17.0 Å². The number of hydrogen-bond acceptors (Lipinski definition) is 8. The lowest BCUT2D eigenvalue weighted by molar-refractivity contribution is 0.305. The number of benzene rings is 2. The molecule has 0 bridgehead atoms. The number of hydrogen-bond donors (Lipinski definition) is 1. The van der Waals surface area contributed by atoms with Crippen molar-refractivity contribution in [3.8, 4) is 28.8 Å². The van der Waals surface area contributed by atoms with E-state index in [4.69, 9.17) is 25.8 Å². The molecule has 0 radical (unpaired) electrons. The zero-order valence-corrected chi connectivity index (χ0v) is 20.7. The van der Waals surface area contributed by atoms with E-state index in [-0.39, 0.29) is 29.7 Å². The third-order valence-corrected chi connectivity index (χ3v) is 6.62. The fourth-order valence-corrected chi connectivity index (χ4v) is 4.69. The van der Waals surface area contributed by atoms with E-state index >= 15 is 0 Å². The van der Waals surface area contributed by atoms with Crippen LogP contribution in [-0.2, 0) is 10.0 Å². The van der Waals surface area contributed by atoms with Gasteiger partial charge in [-0.15, -0.1) is 15.3 Å². The largest absolute Gasteiger partial charge is 0.494 e. The monoisotopic (exact) mass is 517 g/mol. The summed E-state index contributed by atoms with van der Waals surface area (Å²) < 4.78 is 46.5. The van der Waals surface area contributed by atoms with Crippen molar-refractivity contribution in [1.29, 1.82) is 0 Å². The average molecular weight is 518 g/mol. The van der Waals surface area contributed by atoms with Crippen molar-refractivity contribution in [2.24, 2.45) is 0 Å². The highest BCUT2D eigenvalue weighted by atomic mass is 35.5. The van der Waals surface area contributed by atoms with Crippen LogP contribution in [0.2, 0.25) is 5.02 Å². The van der Waals surface area contributed by atoms with E-state index in [0.29, 0.717) is 41.0 Å². The molecule has 2 aromatic carbocycles. The molecule has 10 nitrogen and oxygen atoms in total. The minimum absolute atomic E-state index is 0.00119. The molecule has 0 aliphatic carbocycles. The number of ether oxygens (including phenoxy) is 3. The van der Waals surface area contributed by atoms with Crippen molar-refractivity contribution < 1.29 is 22.6 Å². The Morgan fingerprint density at radius 2 is 1.77 bits per heavy atom. The second-order valence-electron chi connectivity index (χ2n) is 7.17. The van der Waals surface area contributed by atoms with Crippen LogP contribution in [0.5, 0.6) is 17.4 Å². The maximum absolute atomic E-state index is 12.9. The smallest absolute Gasteiger partial charge is 0.244 e. The van der Waals surface area contributed by atoms with Crippen molar-refractivity contribution in [2.75, 3.05) is 26.4 Å².